The fourth-order valence-corrected chi connectivity index (χ4v) is 2.95. The molecule has 102 valence electrons. The second kappa shape index (κ2) is 4.86. The Morgan fingerprint density at radius 3 is 3.16 bits per heavy atom. The number of piperazine rings is 1. The van der Waals surface area contributed by atoms with Crippen LogP contribution in [0.15, 0.2) is 12.3 Å². The first kappa shape index (κ1) is 12.5. The number of fused-ring (bicyclic) bond motifs is 1. The first-order valence-corrected chi connectivity index (χ1v) is 6.71. The van der Waals surface area contributed by atoms with Crippen LogP contribution < -0.4 is 16.0 Å². The van der Waals surface area contributed by atoms with Gasteiger partial charge in [0.25, 0.3) is 0 Å². The van der Waals surface area contributed by atoms with Gasteiger partial charge in [-0.05, 0) is 11.6 Å². The molecule has 0 bridgehead atoms. The number of urea groups is 1. The van der Waals surface area contributed by atoms with E-state index in [0.717, 1.165) is 24.5 Å². The molecule has 2 amide bonds. The lowest BCUT2D eigenvalue weighted by molar-refractivity contribution is 0.197. The number of nitrogens with one attached hydrogen (secondary N) is 1. The number of anilines is 1. The number of amides is 2. The van der Waals surface area contributed by atoms with E-state index in [4.69, 9.17) is 17.3 Å². The van der Waals surface area contributed by atoms with Gasteiger partial charge < -0.3 is 20.9 Å². The van der Waals surface area contributed by atoms with Crippen molar-refractivity contribution < 1.29 is 4.79 Å². The van der Waals surface area contributed by atoms with Gasteiger partial charge in [-0.1, -0.05) is 11.6 Å². The lowest BCUT2D eigenvalue weighted by Crippen LogP contribution is -2.52. The average molecular weight is 282 g/mol. The highest BCUT2D eigenvalue weighted by atomic mass is 35.5. The molecule has 2 fully saturated rings. The molecule has 3 heterocycles. The molecule has 2 aliphatic rings. The fraction of sp³-hybridized carbons (Fsp3) is 0.500. The van der Waals surface area contributed by atoms with Gasteiger partial charge in [-0.2, -0.15) is 0 Å². The summed E-state index contributed by atoms with van der Waals surface area (Å²) in [7, 11) is 0. The Labute approximate surface area is 116 Å². The Bertz CT molecular complexity index is 509. The van der Waals surface area contributed by atoms with E-state index < -0.39 is 0 Å². The van der Waals surface area contributed by atoms with Gasteiger partial charge in [0.1, 0.15) is 5.82 Å². The Kier molecular flexibility index (Phi) is 3.20. The summed E-state index contributed by atoms with van der Waals surface area (Å²) in [4.78, 5) is 19.9. The minimum absolute atomic E-state index is 0.0272. The van der Waals surface area contributed by atoms with Crippen molar-refractivity contribution in [3.05, 3.63) is 22.8 Å². The maximum absolute atomic E-state index is 11.6. The van der Waals surface area contributed by atoms with Crippen molar-refractivity contribution in [1.29, 1.82) is 0 Å². The third-order valence-corrected chi connectivity index (χ3v) is 4.11. The van der Waals surface area contributed by atoms with Crippen molar-refractivity contribution in [3.63, 3.8) is 0 Å². The van der Waals surface area contributed by atoms with Gasteiger partial charge in [-0.3, -0.25) is 0 Å². The Balaban J connectivity index is 1.83. The van der Waals surface area contributed by atoms with Crippen LogP contribution in [-0.4, -0.2) is 48.1 Å². The van der Waals surface area contributed by atoms with Crippen molar-refractivity contribution >= 4 is 23.4 Å². The number of nitrogens with two attached hydrogens (primary N) is 1. The topological polar surface area (TPSA) is 74.5 Å². The number of hydrogen-bond donors (Lipinski definition) is 2. The molecule has 0 saturated carbocycles. The molecular formula is C12H16ClN5O. The summed E-state index contributed by atoms with van der Waals surface area (Å²) in [6, 6.07) is 2.06. The van der Waals surface area contributed by atoms with Crippen molar-refractivity contribution in [2.45, 2.75) is 12.6 Å². The molecule has 1 aromatic rings. The molecule has 7 heteroatoms. The van der Waals surface area contributed by atoms with Crippen LogP contribution in [0.25, 0.3) is 0 Å². The lowest BCUT2D eigenvalue weighted by atomic mass is 10.2. The maximum atomic E-state index is 11.6. The summed E-state index contributed by atoms with van der Waals surface area (Å²) in [6.07, 6.45) is 1.73. The summed E-state index contributed by atoms with van der Waals surface area (Å²) in [6.45, 7) is 3.27. The molecule has 3 N–H and O–H groups in total. The highest BCUT2D eigenvalue weighted by molar-refractivity contribution is 6.33. The molecular weight excluding hydrogens is 266 g/mol. The molecule has 0 spiro atoms. The van der Waals surface area contributed by atoms with Crippen molar-refractivity contribution in [1.82, 2.24) is 15.2 Å². The number of aromatic nitrogens is 1. The largest absolute Gasteiger partial charge is 0.351 e. The molecule has 0 aromatic carbocycles. The summed E-state index contributed by atoms with van der Waals surface area (Å²) in [5.74, 6) is 0.767. The molecule has 2 saturated heterocycles. The predicted molar refractivity (Wildman–Crippen MR) is 73.2 cm³/mol. The van der Waals surface area contributed by atoms with Gasteiger partial charge in [0.15, 0.2) is 0 Å². The van der Waals surface area contributed by atoms with Gasteiger partial charge in [0, 0.05) is 38.9 Å². The number of carbonyl (C=O) groups excluding carboxylic acids is 1. The number of rotatable bonds is 2. The van der Waals surface area contributed by atoms with Gasteiger partial charge in [0.05, 0.1) is 11.1 Å². The fourth-order valence-electron chi connectivity index (χ4n) is 2.65. The number of hydrogen-bond acceptors (Lipinski definition) is 4. The summed E-state index contributed by atoms with van der Waals surface area (Å²) >= 11 is 6.33. The third-order valence-electron chi connectivity index (χ3n) is 3.70. The molecule has 6 nitrogen and oxygen atoms in total. The van der Waals surface area contributed by atoms with E-state index in [0.29, 0.717) is 24.7 Å². The minimum atomic E-state index is 0.0272. The molecule has 0 radical (unpaired) electrons. The Morgan fingerprint density at radius 2 is 2.37 bits per heavy atom. The molecule has 1 aromatic heterocycles. The predicted octanol–water partition coefficient (Wildman–Crippen LogP) is 0.408. The third kappa shape index (κ3) is 2.11. The van der Waals surface area contributed by atoms with Gasteiger partial charge in [0.2, 0.25) is 0 Å². The van der Waals surface area contributed by atoms with Crippen LogP contribution in [0.4, 0.5) is 10.6 Å². The maximum Gasteiger partial charge on any atom is 0.317 e. The molecule has 19 heavy (non-hydrogen) atoms. The summed E-state index contributed by atoms with van der Waals surface area (Å²) in [5.41, 5.74) is 6.56. The van der Waals surface area contributed by atoms with E-state index in [1.807, 2.05) is 11.0 Å². The second-order valence-corrected chi connectivity index (χ2v) is 5.17. The second-order valence-electron chi connectivity index (χ2n) is 4.79. The first-order chi connectivity index (χ1) is 9.20. The minimum Gasteiger partial charge on any atom is -0.351 e. The standard InChI is InChI=1S/C12H16ClN5O/c13-10-8(5-14)1-2-15-11(10)17-3-4-18-9(7-17)6-16-12(18)19/h1-2,9H,3-7,14H2,(H,16,19). The number of pyridine rings is 1. The molecule has 0 aliphatic carbocycles. The highest BCUT2D eigenvalue weighted by Crippen LogP contribution is 2.28. The van der Waals surface area contributed by atoms with Crippen LogP contribution in [0.1, 0.15) is 5.56 Å². The SMILES string of the molecule is NCc1ccnc(N2CCN3C(=O)NCC3C2)c1Cl. The quantitative estimate of drug-likeness (QED) is 0.823. The molecule has 3 rings (SSSR count). The highest BCUT2D eigenvalue weighted by Gasteiger charge is 2.36. The van der Waals surface area contributed by atoms with Crippen LogP contribution >= 0.6 is 11.6 Å². The van der Waals surface area contributed by atoms with E-state index in [-0.39, 0.29) is 12.1 Å². The average Bonchev–Trinajstić information content (AvgIpc) is 2.80. The van der Waals surface area contributed by atoms with Gasteiger partial charge in [-0.15, -0.1) is 0 Å². The van der Waals surface area contributed by atoms with Crippen molar-refractivity contribution in [2.75, 3.05) is 31.1 Å². The normalized spacial score (nSPS) is 22.4. The first-order valence-electron chi connectivity index (χ1n) is 6.33. The number of nitrogens with zero attached hydrogens (tertiary/aromatic N) is 3. The van der Waals surface area contributed by atoms with Gasteiger partial charge >= 0.3 is 6.03 Å². The number of halogens is 1. The van der Waals surface area contributed by atoms with E-state index in [1.165, 1.54) is 0 Å². The van der Waals surface area contributed by atoms with E-state index in [2.05, 4.69) is 15.2 Å². The summed E-state index contributed by atoms with van der Waals surface area (Å²) in [5, 5.41) is 3.48. The zero-order valence-electron chi connectivity index (χ0n) is 10.5. The Morgan fingerprint density at radius 1 is 1.53 bits per heavy atom. The lowest BCUT2D eigenvalue weighted by Gasteiger charge is -2.37. The van der Waals surface area contributed by atoms with Crippen LogP contribution in [0.3, 0.4) is 0 Å². The zero-order chi connectivity index (χ0) is 13.4. The van der Waals surface area contributed by atoms with Crippen molar-refractivity contribution in [3.8, 4) is 0 Å². The van der Waals surface area contributed by atoms with Crippen LogP contribution in [0.2, 0.25) is 5.02 Å². The smallest absolute Gasteiger partial charge is 0.317 e. The van der Waals surface area contributed by atoms with Crippen LogP contribution in [-0.2, 0) is 6.54 Å². The van der Waals surface area contributed by atoms with Crippen molar-refractivity contribution in [2.24, 2.45) is 5.73 Å². The van der Waals surface area contributed by atoms with E-state index >= 15 is 0 Å². The Hall–Kier alpha value is -1.53. The van der Waals surface area contributed by atoms with Gasteiger partial charge in [-0.25, -0.2) is 9.78 Å². The molecule has 2 aliphatic heterocycles. The monoisotopic (exact) mass is 281 g/mol. The summed E-state index contributed by atoms with van der Waals surface area (Å²) < 4.78 is 0. The van der Waals surface area contributed by atoms with E-state index in [1.54, 1.807) is 6.20 Å². The molecule has 1 unspecified atom stereocenters. The van der Waals surface area contributed by atoms with Crippen LogP contribution in [0.5, 0.6) is 0 Å². The number of carbonyl (C=O) groups is 1. The molecule has 1 atom stereocenters. The zero-order valence-corrected chi connectivity index (χ0v) is 11.2. The van der Waals surface area contributed by atoms with Crippen LogP contribution in [0, 0.1) is 0 Å². The van der Waals surface area contributed by atoms with E-state index in [9.17, 15) is 4.79 Å².